The van der Waals surface area contributed by atoms with Gasteiger partial charge < -0.3 is 15.6 Å². The SMILES string of the molecule is CC1OCCC1Sc1ccc(C(=O)O)c(N)c1. The normalized spacial score (nSPS) is 23.8. The Morgan fingerprint density at radius 3 is 2.88 bits per heavy atom. The van der Waals surface area contributed by atoms with Gasteiger partial charge in [0.15, 0.2) is 0 Å². The zero-order chi connectivity index (χ0) is 12.4. The number of carboxylic acid groups (broad SMARTS) is 1. The first-order valence-electron chi connectivity index (χ1n) is 5.49. The van der Waals surface area contributed by atoms with Gasteiger partial charge in [-0.1, -0.05) is 0 Å². The fourth-order valence-electron chi connectivity index (χ4n) is 1.85. The Hall–Kier alpha value is -1.20. The molecule has 1 fully saturated rings. The second-order valence-electron chi connectivity index (χ2n) is 4.08. The number of ether oxygens (including phenoxy) is 1. The summed E-state index contributed by atoms with van der Waals surface area (Å²) in [5.74, 6) is -0.989. The molecular weight excluding hydrogens is 238 g/mol. The highest BCUT2D eigenvalue weighted by Gasteiger charge is 2.25. The molecule has 4 nitrogen and oxygen atoms in total. The fraction of sp³-hybridized carbons (Fsp3) is 0.417. The van der Waals surface area contributed by atoms with E-state index in [1.165, 1.54) is 0 Å². The van der Waals surface area contributed by atoms with Crippen LogP contribution in [0.25, 0.3) is 0 Å². The monoisotopic (exact) mass is 253 g/mol. The molecule has 3 N–H and O–H groups in total. The Balaban J connectivity index is 2.12. The molecule has 0 aromatic heterocycles. The number of rotatable bonds is 3. The van der Waals surface area contributed by atoms with Gasteiger partial charge in [-0.3, -0.25) is 0 Å². The lowest BCUT2D eigenvalue weighted by Gasteiger charge is -2.14. The van der Waals surface area contributed by atoms with Gasteiger partial charge in [-0.15, -0.1) is 11.8 Å². The van der Waals surface area contributed by atoms with Crippen LogP contribution in [-0.2, 0) is 4.74 Å². The summed E-state index contributed by atoms with van der Waals surface area (Å²) in [5.41, 5.74) is 6.18. The van der Waals surface area contributed by atoms with Gasteiger partial charge >= 0.3 is 5.97 Å². The third-order valence-corrected chi connectivity index (χ3v) is 4.30. The topological polar surface area (TPSA) is 72.5 Å². The molecule has 1 heterocycles. The van der Waals surface area contributed by atoms with Gasteiger partial charge in [-0.25, -0.2) is 4.79 Å². The van der Waals surface area contributed by atoms with E-state index < -0.39 is 5.97 Å². The number of carboxylic acids is 1. The molecule has 2 unspecified atom stereocenters. The number of anilines is 1. The quantitative estimate of drug-likeness (QED) is 0.808. The number of aromatic carboxylic acids is 1. The largest absolute Gasteiger partial charge is 0.478 e. The maximum atomic E-state index is 10.8. The van der Waals surface area contributed by atoms with E-state index in [4.69, 9.17) is 15.6 Å². The van der Waals surface area contributed by atoms with Gasteiger partial charge in [0.2, 0.25) is 0 Å². The Morgan fingerprint density at radius 1 is 1.59 bits per heavy atom. The summed E-state index contributed by atoms with van der Waals surface area (Å²) in [6.45, 7) is 2.85. The second-order valence-corrected chi connectivity index (χ2v) is 5.39. The summed E-state index contributed by atoms with van der Waals surface area (Å²) in [6, 6.07) is 5.08. The number of carbonyl (C=O) groups is 1. The molecule has 0 spiro atoms. The Morgan fingerprint density at radius 2 is 2.35 bits per heavy atom. The Bertz CT molecular complexity index is 436. The summed E-state index contributed by atoms with van der Waals surface area (Å²) in [5, 5.41) is 9.30. The molecule has 5 heteroatoms. The molecule has 2 rings (SSSR count). The van der Waals surface area contributed by atoms with E-state index in [1.807, 2.05) is 0 Å². The van der Waals surface area contributed by atoms with Crippen molar-refractivity contribution in [3.63, 3.8) is 0 Å². The molecule has 2 atom stereocenters. The molecule has 0 radical (unpaired) electrons. The Kier molecular flexibility index (Phi) is 3.59. The Labute approximate surface area is 104 Å². The molecule has 1 aromatic carbocycles. The van der Waals surface area contributed by atoms with Crippen molar-refractivity contribution in [1.29, 1.82) is 0 Å². The molecule has 0 saturated carbocycles. The number of nitrogens with two attached hydrogens (primary N) is 1. The van der Waals surface area contributed by atoms with Gasteiger partial charge in [0.25, 0.3) is 0 Å². The lowest BCUT2D eigenvalue weighted by molar-refractivity contribution is 0.0698. The summed E-state index contributed by atoms with van der Waals surface area (Å²) in [7, 11) is 0. The van der Waals surface area contributed by atoms with Crippen LogP contribution in [0.1, 0.15) is 23.7 Å². The van der Waals surface area contributed by atoms with E-state index in [0.29, 0.717) is 10.9 Å². The molecule has 0 aliphatic carbocycles. The molecule has 17 heavy (non-hydrogen) atoms. The molecule has 1 aliphatic rings. The van der Waals surface area contributed by atoms with Crippen LogP contribution in [0.2, 0.25) is 0 Å². The van der Waals surface area contributed by atoms with Gasteiger partial charge in [0.1, 0.15) is 0 Å². The van der Waals surface area contributed by atoms with Crippen molar-refractivity contribution in [1.82, 2.24) is 0 Å². The van der Waals surface area contributed by atoms with Gasteiger partial charge in [0.05, 0.1) is 11.7 Å². The first-order chi connectivity index (χ1) is 8.08. The van der Waals surface area contributed by atoms with Crippen LogP contribution in [0, 0.1) is 0 Å². The van der Waals surface area contributed by atoms with Crippen LogP contribution in [-0.4, -0.2) is 29.0 Å². The van der Waals surface area contributed by atoms with Gasteiger partial charge in [-0.05, 0) is 31.5 Å². The van der Waals surface area contributed by atoms with Crippen LogP contribution in [0.3, 0.4) is 0 Å². The van der Waals surface area contributed by atoms with Gasteiger partial charge in [-0.2, -0.15) is 0 Å². The minimum absolute atomic E-state index is 0.157. The molecule has 0 bridgehead atoms. The number of hydrogen-bond acceptors (Lipinski definition) is 4. The minimum Gasteiger partial charge on any atom is -0.478 e. The maximum Gasteiger partial charge on any atom is 0.337 e. The van der Waals surface area contributed by atoms with E-state index in [1.54, 1.807) is 30.0 Å². The highest BCUT2D eigenvalue weighted by Crippen LogP contribution is 2.33. The lowest BCUT2D eigenvalue weighted by Crippen LogP contribution is -2.13. The summed E-state index contributed by atoms with van der Waals surface area (Å²) in [6.07, 6.45) is 1.26. The number of hydrogen-bond donors (Lipinski definition) is 2. The zero-order valence-electron chi connectivity index (χ0n) is 9.55. The summed E-state index contributed by atoms with van der Waals surface area (Å²) < 4.78 is 5.48. The number of nitrogen functional groups attached to an aromatic ring is 1. The predicted molar refractivity (Wildman–Crippen MR) is 67.5 cm³/mol. The lowest BCUT2D eigenvalue weighted by atomic mass is 10.2. The van der Waals surface area contributed by atoms with Crippen LogP contribution in [0.4, 0.5) is 5.69 Å². The standard InChI is InChI=1S/C12H15NO3S/c1-7-11(4-5-16-7)17-8-2-3-9(12(14)15)10(13)6-8/h2-3,6-7,11H,4-5,13H2,1H3,(H,14,15). The van der Waals surface area contributed by atoms with E-state index in [0.717, 1.165) is 17.9 Å². The van der Waals surface area contributed by atoms with Crippen LogP contribution in [0.5, 0.6) is 0 Å². The third kappa shape index (κ3) is 2.73. The van der Waals surface area contributed by atoms with E-state index in [9.17, 15) is 4.79 Å². The van der Waals surface area contributed by atoms with Crippen molar-refractivity contribution in [3.05, 3.63) is 23.8 Å². The summed E-state index contributed by atoms with van der Waals surface area (Å²) in [4.78, 5) is 11.8. The highest BCUT2D eigenvalue weighted by atomic mass is 32.2. The highest BCUT2D eigenvalue weighted by molar-refractivity contribution is 8.00. The third-order valence-electron chi connectivity index (χ3n) is 2.85. The van der Waals surface area contributed by atoms with Crippen molar-refractivity contribution in [3.8, 4) is 0 Å². The van der Waals surface area contributed by atoms with E-state index in [2.05, 4.69) is 6.92 Å². The van der Waals surface area contributed by atoms with Crippen LogP contribution >= 0.6 is 11.8 Å². The first-order valence-corrected chi connectivity index (χ1v) is 6.37. The molecule has 1 saturated heterocycles. The van der Waals surface area contributed by atoms with E-state index >= 15 is 0 Å². The van der Waals surface area contributed by atoms with Crippen molar-refractivity contribution >= 4 is 23.4 Å². The minimum atomic E-state index is -0.989. The molecule has 1 aliphatic heterocycles. The molecule has 92 valence electrons. The van der Waals surface area contributed by atoms with Crippen LogP contribution in [0.15, 0.2) is 23.1 Å². The molecule has 0 amide bonds. The summed E-state index contributed by atoms with van der Waals surface area (Å²) >= 11 is 1.70. The number of thioether (sulfide) groups is 1. The van der Waals surface area contributed by atoms with Crippen molar-refractivity contribution in [2.75, 3.05) is 12.3 Å². The smallest absolute Gasteiger partial charge is 0.337 e. The molecular formula is C12H15NO3S. The molecule has 1 aromatic rings. The maximum absolute atomic E-state index is 10.8. The zero-order valence-corrected chi connectivity index (χ0v) is 10.4. The van der Waals surface area contributed by atoms with Crippen LogP contribution < -0.4 is 5.73 Å². The second kappa shape index (κ2) is 4.98. The average molecular weight is 253 g/mol. The van der Waals surface area contributed by atoms with Gasteiger partial charge in [0, 0.05) is 22.4 Å². The van der Waals surface area contributed by atoms with Crippen molar-refractivity contribution in [2.24, 2.45) is 0 Å². The van der Waals surface area contributed by atoms with E-state index in [-0.39, 0.29) is 11.7 Å². The average Bonchev–Trinajstić information content (AvgIpc) is 2.64. The van der Waals surface area contributed by atoms with Crippen molar-refractivity contribution < 1.29 is 14.6 Å². The van der Waals surface area contributed by atoms with Crippen molar-refractivity contribution in [2.45, 2.75) is 29.6 Å². The number of benzene rings is 1. The fourth-order valence-corrected chi connectivity index (χ4v) is 3.03. The first kappa shape index (κ1) is 12.3. The predicted octanol–water partition coefficient (Wildman–Crippen LogP) is 2.24.